The van der Waals surface area contributed by atoms with E-state index < -0.39 is 0 Å². The second-order valence-electron chi connectivity index (χ2n) is 4.00. The fourth-order valence-corrected chi connectivity index (χ4v) is 2.85. The van der Waals surface area contributed by atoms with Gasteiger partial charge in [-0.3, -0.25) is 0 Å². The molecule has 0 atom stereocenters. The third kappa shape index (κ3) is 1.77. The molecule has 0 fully saturated rings. The van der Waals surface area contributed by atoms with Crippen LogP contribution in [0.1, 0.15) is 11.3 Å². The van der Waals surface area contributed by atoms with Crippen LogP contribution in [0.3, 0.4) is 0 Å². The van der Waals surface area contributed by atoms with E-state index in [-0.39, 0.29) is 0 Å². The van der Waals surface area contributed by atoms with Gasteiger partial charge in [0.2, 0.25) is 0 Å². The van der Waals surface area contributed by atoms with Crippen LogP contribution in [0.25, 0.3) is 10.6 Å². The highest BCUT2D eigenvalue weighted by Gasteiger charge is 2.14. The van der Waals surface area contributed by atoms with E-state index in [1.807, 2.05) is 19.1 Å². The zero-order valence-electron chi connectivity index (χ0n) is 9.49. The molecule has 0 unspecified atom stereocenters. The van der Waals surface area contributed by atoms with Crippen molar-refractivity contribution in [2.24, 2.45) is 5.84 Å². The first-order chi connectivity index (χ1) is 8.28. The van der Waals surface area contributed by atoms with Crippen LogP contribution in [0.5, 0.6) is 5.75 Å². The van der Waals surface area contributed by atoms with E-state index in [4.69, 9.17) is 10.6 Å². The summed E-state index contributed by atoms with van der Waals surface area (Å²) in [6.45, 7) is 2.73. The summed E-state index contributed by atoms with van der Waals surface area (Å²) in [4.78, 5) is 4.51. The topological polar surface area (TPSA) is 60.2 Å². The van der Waals surface area contributed by atoms with E-state index in [0.717, 1.165) is 40.0 Å². The Bertz CT molecular complexity index is 565. The molecule has 0 amide bonds. The van der Waals surface area contributed by atoms with E-state index in [0.29, 0.717) is 0 Å². The molecule has 0 radical (unpaired) electrons. The van der Waals surface area contributed by atoms with Gasteiger partial charge in [-0.15, -0.1) is 0 Å². The summed E-state index contributed by atoms with van der Waals surface area (Å²) in [5, 5.41) is 1.90. The van der Waals surface area contributed by atoms with E-state index in [1.165, 1.54) is 5.56 Å². The lowest BCUT2D eigenvalue weighted by Gasteiger charge is -2.00. The fourth-order valence-electron chi connectivity index (χ4n) is 1.97. The number of ether oxygens (including phenoxy) is 1. The molecule has 1 aromatic heterocycles. The highest BCUT2D eigenvalue weighted by molar-refractivity contribution is 7.19. The van der Waals surface area contributed by atoms with Gasteiger partial charge in [0.05, 0.1) is 12.3 Å². The number of aromatic nitrogens is 1. The molecule has 3 N–H and O–H groups in total. The minimum atomic E-state index is 0.783. The number of thiazole rings is 1. The largest absolute Gasteiger partial charge is 0.493 e. The Hall–Kier alpha value is -1.59. The number of anilines is 1. The Morgan fingerprint density at radius 2 is 2.35 bits per heavy atom. The number of nitrogen functional groups attached to an aromatic ring is 1. The van der Waals surface area contributed by atoms with Crippen LogP contribution in [0, 0.1) is 6.92 Å². The summed E-state index contributed by atoms with van der Waals surface area (Å²) in [7, 11) is 0. The maximum atomic E-state index is 5.49. The Kier molecular flexibility index (Phi) is 2.49. The molecule has 1 aliphatic heterocycles. The van der Waals surface area contributed by atoms with Gasteiger partial charge in [0.25, 0.3) is 0 Å². The molecule has 3 rings (SSSR count). The average molecular weight is 247 g/mol. The summed E-state index contributed by atoms with van der Waals surface area (Å²) in [5.41, 5.74) is 5.99. The zero-order valence-corrected chi connectivity index (χ0v) is 10.3. The van der Waals surface area contributed by atoms with Crippen molar-refractivity contribution >= 4 is 16.3 Å². The molecule has 1 aromatic carbocycles. The third-order valence-electron chi connectivity index (χ3n) is 2.86. The number of benzene rings is 1. The average Bonchev–Trinajstić information content (AvgIpc) is 2.93. The van der Waals surface area contributed by atoms with E-state index in [1.54, 1.807) is 11.3 Å². The molecule has 0 saturated heterocycles. The fraction of sp³-hybridized carbons (Fsp3) is 0.250. The molecule has 5 heteroatoms. The number of hydrazine groups is 1. The molecule has 0 aliphatic carbocycles. The third-order valence-corrected chi connectivity index (χ3v) is 4.00. The van der Waals surface area contributed by atoms with E-state index in [9.17, 15) is 0 Å². The van der Waals surface area contributed by atoms with Gasteiger partial charge in [-0.05, 0) is 30.7 Å². The van der Waals surface area contributed by atoms with Crippen molar-refractivity contribution in [1.82, 2.24) is 4.98 Å². The highest BCUT2D eigenvalue weighted by atomic mass is 32.1. The Labute approximate surface area is 103 Å². The minimum Gasteiger partial charge on any atom is -0.493 e. The van der Waals surface area contributed by atoms with Crippen LogP contribution < -0.4 is 16.0 Å². The second kappa shape index (κ2) is 4.01. The summed E-state index contributed by atoms with van der Waals surface area (Å²) < 4.78 is 5.49. The number of rotatable bonds is 2. The molecule has 88 valence electrons. The number of nitrogens with zero attached hydrogens (tertiary/aromatic N) is 1. The normalized spacial score (nSPS) is 13.3. The van der Waals surface area contributed by atoms with E-state index >= 15 is 0 Å². The maximum Gasteiger partial charge on any atom is 0.126 e. The Morgan fingerprint density at radius 1 is 1.47 bits per heavy atom. The van der Waals surface area contributed by atoms with Crippen molar-refractivity contribution in [1.29, 1.82) is 0 Å². The number of nitrogens with two attached hydrogens (primary N) is 1. The van der Waals surface area contributed by atoms with Gasteiger partial charge in [0.1, 0.15) is 15.8 Å². The quantitative estimate of drug-likeness (QED) is 0.631. The van der Waals surface area contributed by atoms with Crippen LogP contribution in [0.2, 0.25) is 0 Å². The van der Waals surface area contributed by atoms with Gasteiger partial charge >= 0.3 is 0 Å². The minimum absolute atomic E-state index is 0.783. The van der Waals surface area contributed by atoms with Crippen LogP contribution in [-0.4, -0.2) is 11.6 Å². The van der Waals surface area contributed by atoms with Crippen LogP contribution >= 0.6 is 11.3 Å². The van der Waals surface area contributed by atoms with Crippen molar-refractivity contribution in [2.75, 3.05) is 12.0 Å². The first-order valence-corrected chi connectivity index (χ1v) is 6.30. The molecule has 0 spiro atoms. The monoisotopic (exact) mass is 247 g/mol. The lowest BCUT2D eigenvalue weighted by molar-refractivity contribution is 0.357. The van der Waals surface area contributed by atoms with Crippen molar-refractivity contribution < 1.29 is 4.74 Å². The summed E-state index contributed by atoms with van der Waals surface area (Å²) in [6, 6.07) is 6.22. The van der Waals surface area contributed by atoms with Crippen molar-refractivity contribution in [3.63, 3.8) is 0 Å². The van der Waals surface area contributed by atoms with Gasteiger partial charge in [-0.2, -0.15) is 0 Å². The molecule has 2 heterocycles. The molecule has 0 saturated carbocycles. The number of hydrogen-bond donors (Lipinski definition) is 2. The predicted molar refractivity (Wildman–Crippen MR) is 69.3 cm³/mol. The first-order valence-electron chi connectivity index (χ1n) is 5.48. The second-order valence-corrected chi connectivity index (χ2v) is 5.00. The van der Waals surface area contributed by atoms with Crippen molar-refractivity contribution in [3.8, 4) is 16.3 Å². The van der Waals surface area contributed by atoms with Crippen molar-refractivity contribution in [2.45, 2.75) is 13.3 Å². The predicted octanol–water partition coefficient (Wildman–Crippen LogP) is 2.34. The first kappa shape index (κ1) is 10.6. The standard InChI is InChI=1S/C12H13N3OS/c1-7-11(15-13)17-12(14-7)9-2-3-10-8(6-9)4-5-16-10/h2-3,6,15H,4-5,13H2,1H3. The zero-order chi connectivity index (χ0) is 11.8. The lowest BCUT2D eigenvalue weighted by Crippen LogP contribution is -2.05. The number of aryl methyl sites for hydroxylation is 1. The SMILES string of the molecule is Cc1nc(-c2ccc3c(c2)CCO3)sc1NN. The Balaban J connectivity index is 2.03. The number of hydrogen-bond acceptors (Lipinski definition) is 5. The Morgan fingerprint density at radius 3 is 3.12 bits per heavy atom. The molecule has 2 aromatic rings. The van der Waals surface area contributed by atoms with Crippen LogP contribution in [0.15, 0.2) is 18.2 Å². The lowest BCUT2D eigenvalue weighted by atomic mass is 10.1. The maximum absolute atomic E-state index is 5.49. The smallest absolute Gasteiger partial charge is 0.126 e. The molecule has 17 heavy (non-hydrogen) atoms. The van der Waals surface area contributed by atoms with Crippen LogP contribution in [0.4, 0.5) is 5.00 Å². The van der Waals surface area contributed by atoms with Crippen LogP contribution in [-0.2, 0) is 6.42 Å². The summed E-state index contributed by atoms with van der Waals surface area (Å²) >= 11 is 1.57. The van der Waals surface area contributed by atoms with Gasteiger partial charge < -0.3 is 10.2 Å². The highest BCUT2D eigenvalue weighted by Crippen LogP contribution is 2.34. The molecule has 0 bridgehead atoms. The molecule has 1 aliphatic rings. The summed E-state index contributed by atoms with van der Waals surface area (Å²) in [6.07, 6.45) is 0.982. The molecular formula is C12H13N3OS. The van der Waals surface area contributed by atoms with Gasteiger partial charge in [-0.25, -0.2) is 10.8 Å². The number of fused-ring (bicyclic) bond motifs is 1. The van der Waals surface area contributed by atoms with Gasteiger partial charge in [0.15, 0.2) is 0 Å². The van der Waals surface area contributed by atoms with Gasteiger partial charge in [-0.1, -0.05) is 11.3 Å². The molecular weight excluding hydrogens is 234 g/mol. The van der Waals surface area contributed by atoms with E-state index in [2.05, 4.69) is 16.5 Å². The van der Waals surface area contributed by atoms with Gasteiger partial charge in [0, 0.05) is 12.0 Å². The number of nitrogens with one attached hydrogen (secondary N) is 1. The van der Waals surface area contributed by atoms with Crippen molar-refractivity contribution in [3.05, 3.63) is 29.5 Å². The summed E-state index contributed by atoms with van der Waals surface area (Å²) in [5.74, 6) is 6.43. The molecule has 4 nitrogen and oxygen atoms in total.